The van der Waals surface area contributed by atoms with E-state index in [1.54, 1.807) is 0 Å². The molecule has 1 aromatic carbocycles. The SMILES string of the molecule is NCc1cc(=O)[nH]c(C2Cc3ccccc32)n1. The minimum atomic E-state index is -0.125. The number of nitrogens with zero attached hydrogens (tertiary/aromatic N) is 1. The number of nitrogens with one attached hydrogen (secondary N) is 1. The van der Waals surface area contributed by atoms with Crippen LogP contribution in [0, 0.1) is 0 Å². The summed E-state index contributed by atoms with van der Waals surface area (Å²) < 4.78 is 0. The number of H-pyrrole nitrogens is 1. The van der Waals surface area contributed by atoms with Crippen molar-refractivity contribution in [3.8, 4) is 0 Å². The monoisotopic (exact) mass is 227 g/mol. The molecule has 1 aromatic heterocycles. The third-order valence-electron chi connectivity index (χ3n) is 3.21. The molecule has 0 saturated heterocycles. The van der Waals surface area contributed by atoms with E-state index in [0.717, 1.165) is 12.2 Å². The summed E-state index contributed by atoms with van der Waals surface area (Å²) in [5.41, 5.74) is 8.63. The third-order valence-corrected chi connectivity index (χ3v) is 3.21. The number of benzene rings is 1. The van der Waals surface area contributed by atoms with Crippen LogP contribution in [0.15, 0.2) is 35.1 Å². The van der Waals surface area contributed by atoms with Crippen molar-refractivity contribution < 1.29 is 0 Å². The van der Waals surface area contributed by atoms with E-state index in [2.05, 4.69) is 22.1 Å². The molecule has 0 fully saturated rings. The molecule has 0 spiro atoms. The van der Waals surface area contributed by atoms with Gasteiger partial charge in [0.25, 0.3) is 5.56 Å². The Hall–Kier alpha value is -1.94. The van der Waals surface area contributed by atoms with Gasteiger partial charge in [-0.3, -0.25) is 4.79 Å². The lowest BCUT2D eigenvalue weighted by Gasteiger charge is -2.29. The Morgan fingerprint density at radius 3 is 3.00 bits per heavy atom. The van der Waals surface area contributed by atoms with Crippen LogP contribution in [0.3, 0.4) is 0 Å². The second kappa shape index (κ2) is 3.82. The highest BCUT2D eigenvalue weighted by Gasteiger charge is 2.28. The van der Waals surface area contributed by atoms with Crippen molar-refractivity contribution in [2.45, 2.75) is 18.9 Å². The summed E-state index contributed by atoms with van der Waals surface area (Å²) in [4.78, 5) is 18.7. The molecule has 17 heavy (non-hydrogen) atoms. The second-order valence-corrected chi connectivity index (χ2v) is 4.28. The highest BCUT2D eigenvalue weighted by Crippen LogP contribution is 2.37. The maximum atomic E-state index is 11.5. The Kier molecular flexibility index (Phi) is 2.30. The van der Waals surface area contributed by atoms with Crippen molar-refractivity contribution in [2.75, 3.05) is 0 Å². The van der Waals surface area contributed by atoms with Gasteiger partial charge in [-0.25, -0.2) is 4.98 Å². The predicted octanol–water partition coefficient (Wildman–Crippen LogP) is 0.917. The second-order valence-electron chi connectivity index (χ2n) is 4.28. The van der Waals surface area contributed by atoms with Crippen LogP contribution in [0.5, 0.6) is 0 Å². The van der Waals surface area contributed by atoms with E-state index >= 15 is 0 Å². The Labute approximate surface area is 98.5 Å². The molecular formula is C13H13N3O. The van der Waals surface area contributed by atoms with Gasteiger partial charge in [-0.2, -0.15) is 0 Å². The first-order valence-electron chi connectivity index (χ1n) is 5.66. The van der Waals surface area contributed by atoms with Crippen molar-refractivity contribution in [2.24, 2.45) is 5.73 Å². The number of fused-ring (bicyclic) bond motifs is 1. The molecule has 0 saturated carbocycles. The van der Waals surface area contributed by atoms with E-state index in [1.165, 1.54) is 17.2 Å². The zero-order valence-electron chi connectivity index (χ0n) is 9.31. The molecule has 0 aliphatic heterocycles. The molecule has 1 unspecified atom stereocenters. The smallest absolute Gasteiger partial charge is 0.251 e. The standard InChI is InChI=1S/C13H13N3O/c14-7-9-6-12(17)16-13(15-9)11-5-8-3-1-2-4-10(8)11/h1-4,6,11H,5,7,14H2,(H,15,16,17). The minimum Gasteiger partial charge on any atom is -0.325 e. The van der Waals surface area contributed by atoms with Gasteiger partial charge >= 0.3 is 0 Å². The Bertz CT molecular complexity index is 618. The van der Waals surface area contributed by atoms with Crippen molar-refractivity contribution in [1.82, 2.24) is 9.97 Å². The van der Waals surface area contributed by atoms with Crippen LogP contribution in [0.2, 0.25) is 0 Å². The van der Waals surface area contributed by atoms with Crippen LogP contribution in [0.25, 0.3) is 0 Å². The van der Waals surface area contributed by atoms with Crippen LogP contribution < -0.4 is 11.3 Å². The molecule has 2 aromatic rings. The fourth-order valence-corrected chi connectivity index (χ4v) is 2.30. The molecule has 0 radical (unpaired) electrons. The molecule has 1 heterocycles. The van der Waals surface area contributed by atoms with Crippen LogP contribution in [-0.2, 0) is 13.0 Å². The maximum absolute atomic E-state index is 11.5. The number of aromatic amines is 1. The van der Waals surface area contributed by atoms with Gasteiger partial charge in [0.15, 0.2) is 0 Å². The van der Waals surface area contributed by atoms with Gasteiger partial charge in [-0.15, -0.1) is 0 Å². The molecule has 86 valence electrons. The van der Waals surface area contributed by atoms with Crippen molar-refractivity contribution in [1.29, 1.82) is 0 Å². The lowest BCUT2D eigenvalue weighted by atomic mass is 9.77. The van der Waals surface area contributed by atoms with E-state index in [-0.39, 0.29) is 11.5 Å². The highest BCUT2D eigenvalue weighted by atomic mass is 16.1. The van der Waals surface area contributed by atoms with Gasteiger partial charge < -0.3 is 10.7 Å². The molecule has 3 N–H and O–H groups in total. The average Bonchev–Trinajstić information content (AvgIpc) is 2.30. The fourth-order valence-electron chi connectivity index (χ4n) is 2.30. The summed E-state index contributed by atoms with van der Waals surface area (Å²) in [5, 5.41) is 0. The average molecular weight is 227 g/mol. The number of hydrogen-bond donors (Lipinski definition) is 2. The van der Waals surface area contributed by atoms with Crippen LogP contribution in [0.1, 0.15) is 28.6 Å². The predicted molar refractivity (Wildman–Crippen MR) is 64.7 cm³/mol. The molecule has 0 bridgehead atoms. The largest absolute Gasteiger partial charge is 0.325 e. The van der Waals surface area contributed by atoms with E-state index in [9.17, 15) is 4.79 Å². The van der Waals surface area contributed by atoms with E-state index < -0.39 is 0 Å². The van der Waals surface area contributed by atoms with E-state index in [0.29, 0.717) is 12.2 Å². The number of rotatable bonds is 2. The number of hydrogen-bond acceptors (Lipinski definition) is 3. The summed E-state index contributed by atoms with van der Waals surface area (Å²) in [6.45, 7) is 0.297. The zero-order chi connectivity index (χ0) is 11.8. The van der Waals surface area contributed by atoms with Gasteiger partial charge in [-0.1, -0.05) is 24.3 Å². The first-order valence-corrected chi connectivity index (χ1v) is 5.66. The first-order chi connectivity index (χ1) is 8.28. The highest BCUT2D eigenvalue weighted by molar-refractivity contribution is 5.43. The fraction of sp³-hybridized carbons (Fsp3) is 0.231. The van der Waals surface area contributed by atoms with Gasteiger partial charge in [0.1, 0.15) is 5.82 Å². The molecule has 1 aliphatic carbocycles. The Balaban J connectivity index is 2.03. The van der Waals surface area contributed by atoms with Crippen molar-refractivity contribution in [3.05, 3.63) is 63.3 Å². The summed E-state index contributed by atoms with van der Waals surface area (Å²) in [5.74, 6) is 0.946. The van der Waals surface area contributed by atoms with Crippen molar-refractivity contribution in [3.63, 3.8) is 0 Å². The van der Waals surface area contributed by atoms with E-state index in [4.69, 9.17) is 5.73 Å². The number of aromatic nitrogens is 2. The first kappa shape index (κ1) is 10.2. The summed E-state index contributed by atoms with van der Waals surface area (Å²) in [6.07, 6.45) is 0.938. The van der Waals surface area contributed by atoms with Gasteiger partial charge in [0, 0.05) is 18.5 Å². The summed E-state index contributed by atoms with van der Waals surface area (Å²) >= 11 is 0. The molecule has 4 heteroatoms. The van der Waals surface area contributed by atoms with Crippen LogP contribution in [-0.4, -0.2) is 9.97 Å². The van der Waals surface area contributed by atoms with Crippen molar-refractivity contribution >= 4 is 0 Å². The molecule has 0 amide bonds. The van der Waals surface area contributed by atoms with E-state index in [1.807, 2.05) is 12.1 Å². The quantitative estimate of drug-likeness (QED) is 0.801. The Morgan fingerprint density at radius 2 is 2.24 bits per heavy atom. The van der Waals surface area contributed by atoms with Gasteiger partial charge in [-0.05, 0) is 17.5 Å². The minimum absolute atomic E-state index is 0.125. The summed E-state index contributed by atoms with van der Waals surface area (Å²) in [6, 6.07) is 9.68. The van der Waals surface area contributed by atoms with Crippen LogP contribution >= 0.6 is 0 Å². The van der Waals surface area contributed by atoms with Crippen LogP contribution in [0.4, 0.5) is 0 Å². The topological polar surface area (TPSA) is 71.8 Å². The molecule has 1 atom stereocenters. The molecule has 4 nitrogen and oxygen atoms in total. The molecule has 1 aliphatic rings. The Morgan fingerprint density at radius 1 is 1.41 bits per heavy atom. The summed E-state index contributed by atoms with van der Waals surface area (Å²) in [7, 11) is 0. The lowest BCUT2D eigenvalue weighted by Crippen LogP contribution is -2.24. The number of nitrogens with two attached hydrogens (primary N) is 1. The van der Waals surface area contributed by atoms with Gasteiger partial charge in [0.2, 0.25) is 0 Å². The normalized spacial score (nSPS) is 17.4. The maximum Gasteiger partial charge on any atom is 0.251 e. The zero-order valence-corrected chi connectivity index (χ0v) is 9.31. The molecular weight excluding hydrogens is 214 g/mol. The third kappa shape index (κ3) is 1.66. The lowest BCUT2D eigenvalue weighted by molar-refractivity contribution is 0.649. The molecule has 3 rings (SSSR count). The van der Waals surface area contributed by atoms with Gasteiger partial charge in [0.05, 0.1) is 5.69 Å².